The van der Waals surface area contributed by atoms with Gasteiger partial charge in [0.2, 0.25) is 5.91 Å². The molecule has 0 saturated heterocycles. The highest BCUT2D eigenvalue weighted by molar-refractivity contribution is 9.10. The number of benzene rings is 1. The number of hydrogen-bond acceptors (Lipinski definition) is 3. The molecule has 1 aromatic rings. The van der Waals surface area contributed by atoms with E-state index in [1.54, 1.807) is 24.3 Å². The van der Waals surface area contributed by atoms with Gasteiger partial charge in [0.1, 0.15) is 5.75 Å². The first-order valence-electron chi connectivity index (χ1n) is 6.08. The highest BCUT2D eigenvalue weighted by Gasteiger charge is 2.17. The second-order valence-electron chi connectivity index (χ2n) is 4.01. The van der Waals surface area contributed by atoms with Crippen LogP contribution >= 0.6 is 15.9 Å². The maximum atomic E-state index is 12.3. The van der Waals surface area contributed by atoms with Crippen molar-refractivity contribution in [2.45, 2.75) is 12.8 Å². The molecule has 1 aromatic carbocycles. The fourth-order valence-corrected chi connectivity index (χ4v) is 1.81. The summed E-state index contributed by atoms with van der Waals surface area (Å²) in [5, 5.41) is 8.75. The van der Waals surface area contributed by atoms with Crippen molar-refractivity contribution in [3.8, 4) is 5.75 Å². The van der Waals surface area contributed by atoms with Crippen molar-refractivity contribution < 1.29 is 23.4 Å². The molecule has 0 spiro atoms. The first kappa shape index (κ1) is 16.8. The molecule has 0 saturated carbocycles. The summed E-state index contributed by atoms with van der Waals surface area (Å²) in [6.07, 6.45) is -2.62. The topological polar surface area (TPSA) is 49.8 Å². The van der Waals surface area contributed by atoms with Gasteiger partial charge in [-0.1, -0.05) is 15.9 Å². The average molecular weight is 352 g/mol. The lowest BCUT2D eigenvalue weighted by Crippen LogP contribution is -2.37. The lowest BCUT2D eigenvalue weighted by Gasteiger charge is -2.21. The molecule has 0 aliphatic heterocycles. The van der Waals surface area contributed by atoms with Crippen molar-refractivity contribution in [3.05, 3.63) is 28.7 Å². The lowest BCUT2D eigenvalue weighted by molar-refractivity contribution is -0.134. The van der Waals surface area contributed by atoms with Crippen molar-refractivity contribution in [1.82, 2.24) is 4.90 Å². The van der Waals surface area contributed by atoms with Crippen molar-refractivity contribution in [2.24, 2.45) is 0 Å². The Labute approximate surface area is 124 Å². The van der Waals surface area contributed by atoms with Gasteiger partial charge in [-0.25, -0.2) is 8.78 Å². The largest absolute Gasteiger partial charge is 0.493 e. The van der Waals surface area contributed by atoms with E-state index in [9.17, 15) is 13.6 Å². The molecule has 0 fully saturated rings. The van der Waals surface area contributed by atoms with Gasteiger partial charge in [0.15, 0.2) is 0 Å². The fourth-order valence-electron chi connectivity index (χ4n) is 1.55. The van der Waals surface area contributed by atoms with Crippen LogP contribution in [0.4, 0.5) is 8.78 Å². The van der Waals surface area contributed by atoms with Crippen molar-refractivity contribution in [1.29, 1.82) is 0 Å². The summed E-state index contributed by atoms with van der Waals surface area (Å²) in [6, 6.07) is 7.07. The maximum absolute atomic E-state index is 12.3. The molecule has 1 rings (SSSR count). The number of alkyl halides is 2. The van der Waals surface area contributed by atoms with Gasteiger partial charge in [-0.15, -0.1) is 0 Å². The van der Waals surface area contributed by atoms with E-state index in [1.165, 1.54) is 0 Å². The minimum Gasteiger partial charge on any atom is -0.493 e. The lowest BCUT2D eigenvalue weighted by atomic mass is 10.3. The van der Waals surface area contributed by atoms with Gasteiger partial charge in [-0.3, -0.25) is 4.79 Å². The van der Waals surface area contributed by atoms with Crippen LogP contribution in [0.1, 0.15) is 6.42 Å². The smallest absolute Gasteiger partial charge is 0.255 e. The highest BCUT2D eigenvalue weighted by atomic mass is 79.9. The van der Waals surface area contributed by atoms with Crippen LogP contribution in [0, 0.1) is 0 Å². The molecular weight excluding hydrogens is 336 g/mol. The summed E-state index contributed by atoms with van der Waals surface area (Å²) < 4.78 is 30.8. The van der Waals surface area contributed by atoms with Crippen LogP contribution in [0.3, 0.4) is 0 Å². The molecule has 0 aliphatic carbocycles. The number of rotatable bonds is 8. The zero-order valence-electron chi connectivity index (χ0n) is 10.8. The molecule has 20 heavy (non-hydrogen) atoms. The summed E-state index contributed by atoms with van der Waals surface area (Å²) >= 11 is 3.28. The zero-order valence-corrected chi connectivity index (χ0v) is 12.4. The van der Waals surface area contributed by atoms with E-state index in [2.05, 4.69) is 15.9 Å². The van der Waals surface area contributed by atoms with Crippen LogP contribution in [0.15, 0.2) is 28.7 Å². The van der Waals surface area contributed by atoms with E-state index in [0.717, 1.165) is 9.37 Å². The standard InChI is InChI=1S/C13H16BrF2NO3/c14-10-1-3-11(4-2-10)20-8-5-13(19)17(6-7-18)9-12(15)16/h1-4,12,18H,5-9H2. The van der Waals surface area contributed by atoms with Crippen LogP contribution in [-0.2, 0) is 4.79 Å². The molecule has 1 amide bonds. The summed E-state index contributed by atoms with van der Waals surface area (Å²) in [5.74, 6) is 0.139. The molecule has 0 aliphatic rings. The van der Waals surface area contributed by atoms with Gasteiger partial charge in [0.05, 0.1) is 26.2 Å². The summed E-state index contributed by atoms with van der Waals surface area (Å²) in [5.41, 5.74) is 0. The Balaban J connectivity index is 2.38. The Hall–Kier alpha value is -1.21. The second kappa shape index (κ2) is 8.86. The van der Waals surface area contributed by atoms with E-state index in [1.807, 2.05) is 0 Å². The molecule has 4 nitrogen and oxygen atoms in total. The fraction of sp³-hybridized carbons (Fsp3) is 0.462. The molecule has 0 bridgehead atoms. The van der Waals surface area contributed by atoms with E-state index >= 15 is 0 Å². The van der Waals surface area contributed by atoms with E-state index < -0.39 is 18.9 Å². The number of nitrogens with zero attached hydrogens (tertiary/aromatic N) is 1. The molecule has 0 heterocycles. The van der Waals surface area contributed by atoms with Gasteiger partial charge >= 0.3 is 0 Å². The van der Waals surface area contributed by atoms with Gasteiger partial charge in [0.25, 0.3) is 6.43 Å². The third-order valence-corrected chi connectivity index (χ3v) is 3.01. The summed E-state index contributed by atoms with van der Waals surface area (Å²) in [6.45, 7) is -1.00. The van der Waals surface area contributed by atoms with E-state index in [0.29, 0.717) is 5.75 Å². The van der Waals surface area contributed by atoms with Crippen LogP contribution in [-0.4, -0.2) is 48.6 Å². The second-order valence-corrected chi connectivity index (χ2v) is 4.92. The third-order valence-electron chi connectivity index (χ3n) is 2.48. The Morgan fingerprint density at radius 1 is 1.35 bits per heavy atom. The average Bonchev–Trinajstić information content (AvgIpc) is 2.40. The maximum Gasteiger partial charge on any atom is 0.255 e. The van der Waals surface area contributed by atoms with Crippen LogP contribution in [0.25, 0.3) is 0 Å². The Kier molecular flexibility index (Phi) is 7.46. The summed E-state index contributed by atoms with van der Waals surface area (Å²) in [4.78, 5) is 12.6. The zero-order chi connectivity index (χ0) is 15.0. The van der Waals surface area contributed by atoms with Gasteiger partial charge < -0.3 is 14.7 Å². The molecular formula is C13H16BrF2NO3. The first-order chi connectivity index (χ1) is 9.52. The van der Waals surface area contributed by atoms with Gasteiger partial charge in [-0.2, -0.15) is 0 Å². The molecule has 0 aromatic heterocycles. The molecule has 0 atom stereocenters. The molecule has 1 N–H and O–H groups in total. The number of ether oxygens (including phenoxy) is 1. The predicted octanol–water partition coefficient (Wildman–Crippen LogP) is 2.30. The SMILES string of the molecule is O=C(CCOc1ccc(Br)cc1)N(CCO)CC(F)F. The Morgan fingerprint density at radius 2 is 2.00 bits per heavy atom. The highest BCUT2D eigenvalue weighted by Crippen LogP contribution is 2.16. The molecule has 112 valence electrons. The predicted molar refractivity (Wildman–Crippen MR) is 73.9 cm³/mol. The summed E-state index contributed by atoms with van der Waals surface area (Å²) in [7, 11) is 0. The molecule has 7 heteroatoms. The van der Waals surface area contributed by atoms with Crippen LogP contribution in [0.2, 0.25) is 0 Å². The minimum atomic E-state index is -2.61. The van der Waals surface area contributed by atoms with E-state index in [4.69, 9.17) is 9.84 Å². The first-order valence-corrected chi connectivity index (χ1v) is 6.87. The van der Waals surface area contributed by atoms with Gasteiger partial charge in [0, 0.05) is 11.0 Å². The number of aliphatic hydroxyl groups excluding tert-OH is 1. The number of amides is 1. The number of aliphatic hydroxyl groups is 1. The Bertz CT molecular complexity index is 415. The Morgan fingerprint density at radius 3 is 2.55 bits per heavy atom. The minimum absolute atomic E-state index is 0.0111. The van der Waals surface area contributed by atoms with Gasteiger partial charge in [-0.05, 0) is 24.3 Å². The van der Waals surface area contributed by atoms with Crippen molar-refractivity contribution in [2.75, 3.05) is 26.3 Å². The number of carbonyl (C=O) groups is 1. The number of halogens is 3. The van der Waals surface area contributed by atoms with Crippen molar-refractivity contribution in [3.63, 3.8) is 0 Å². The van der Waals surface area contributed by atoms with Crippen LogP contribution < -0.4 is 4.74 Å². The monoisotopic (exact) mass is 351 g/mol. The number of hydrogen-bond donors (Lipinski definition) is 1. The molecule has 0 radical (unpaired) electrons. The quantitative estimate of drug-likeness (QED) is 0.781. The van der Waals surface area contributed by atoms with Crippen molar-refractivity contribution >= 4 is 21.8 Å². The third kappa shape index (κ3) is 6.29. The van der Waals surface area contributed by atoms with Crippen LogP contribution in [0.5, 0.6) is 5.75 Å². The van der Waals surface area contributed by atoms with E-state index in [-0.39, 0.29) is 26.2 Å². The number of carbonyl (C=O) groups excluding carboxylic acids is 1. The normalized spacial score (nSPS) is 10.7. The molecule has 0 unspecified atom stereocenters.